The molecule has 0 aliphatic heterocycles. The zero-order valence-electron chi connectivity index (χ0n) is 7.08. The van der Waals surface area contributed by atoms with Crippen LogP contribution in [0, 0.1) is 0 Å². The summed E-state index contributed by atoms with van der Waals surface area (Å²) in [5.74, 6) is -0.147. The summed E-state index contributed by atoms with van der Waals surface area (Å²) in [6.07, 6.45) is 2.00. The fraction of sp³-hybridized carbons (Fsp3) is 0.625. The van der Waals surface area contributed by atoms with Crippen molar-refractivity contribution in [3.8, 4) is 0 Å². The van der Waals surface area contributed by atoms with Gasteiger partial charge in [-0.15, -0.1) is 0 Å². The lowest BCUT2D eigenvalue weighted by Crippen LogP contribution is -2.37. The number of hydrogen-bond acceptors (Lipinski definition) is 2. The van der Waals surface area contributed by atoms with Crippen molar-refractivity contribution >= 4 is 5.91 Å². The van der Waals surface area contributed by atoms with E-state index in [1.54, 1.807) is 7.05 Å². The van der Waals surface area contributed by atoms with E-state index in [9.17, 15) is 4.79 Å². The molecule has 11 heavy (non-hydrogen) atoms. The predicted molar refractivity (Wildman–Crippen MR) is 44.1 cm³/mol. The van der Waals surface area contributed by atoms with Gasteiger partial charge in [0.05, 0.1) is 12.6 Å². The van der Waals surface area contributed by atoms with Crippen LogP contribution in [0.25, 0.3) is 0 Å². The molecule has 0 aromatic carbocycles. The largest absolute Gasteiger partial charge is 0.394 e. The summed E-state index contributed by atoms with van der Waals surface area (Å²) in [6.45, 7) is 5.29. The first kappa shape index (κ1) is 10.2. The van der Waals surface area contributed by atoms with Gasteiger partial charge in [-0.25, -0.2) is 0 Å². The van der Waals surface area contributed by atoms with E-state index < -0.39 is 0 Å². The lowest BCUT2D eigenvalue weighted by Gasteiger charge is -2.23. The molecule has 0 radical (unpaired) electrons. The lowest BCUT2D eigenvalue weighted by molar-refractivity contribution is -0.127. The fourth-order valence-corrected chi connectivity index (χ4v) is 0.849. The van der Waals surface area contributed by atoms with Gasteiger partial charge in [0.1, 0.15) is 0 Å². The third-order valence-electron chi connectivity index (χ3n) is 1.75. The van der Waals surface area contributed by atoms with Crippen molar-refractivity contribution in [3.05, 3.63) is 12.7 Å². The molecule has 0 aromatic rings. The minimum absolute atomic E-state index is 0.00653. The van der Waals surface area contributed by atoms with Crippen molar-refractivity contribution < 1.29 is 9.90 Å². The Kier molecular flexibility index (Phi) is 4.54. The van der Waals surface area contributed by atoms with Crippen LogP contribution in [-0.2, 0) is 4.79 Å². The van der Waals surface area contributed by atoms with Gasteiger partial charge in [0, 0.05) is 7.05 Å². The van der Waals surface area contributed by atoms with E-state index >= 15 is 0 Å². The third-order valence-corrected chi connectivity index (χ3v) is 1.75. The molecule has 0 heterocycles. The molecule has 3 heteroatoms. The van der Waals surface area contributed by atoms with Crippen LogP contribution in [0.2, 0.25) is 0 Å². The summed E-state index contributed by atoms with van der Waals surface area (Å²) in [5.41, 5.74) is 0. The summed E-state index contributed by atoms with van der Waals surface area (Å²) in [5, 5.41) is 8.81. The number of amides is 1. The van der Waals surface area contributed by atoms with Crippen LogP contribution < -0.4 is 0 Å². The van der Waals surface area contributed by atoms with Crippen molar-refractivity contribution in [2.75, 3.05) is 13.7 Å². The van der Waals surface area contributed by atoms with Crippen molar-refractivity contribution in [2.45, 2.75) is 19.4 Å². The van der Waals surface area contributed by atoms with E-state index in [0.717, 1.165) is 6.42 Å². The number of carbonyl (C=O) groups is 1. The summed E-state index contributed by atoms with van der Waals surface area (Å²) < 4.78 is 0. The normalized spacial score (nSPS) is 12.3. The summed E-state index contributed by atoms with van der Waals surface area (Å²) >= 11 is 0. The number of hydrogen-bond donors (Lipinski definition) is 1. The quantitative estimate of drug-likeness (QED) is 0.600. The van der Waals surface area contributed by atoms with Gasteiger partial charge in [-0.2, -0.15) is 0 Å². The Morgan fingerprint density at radius 2 is 2.36 bits per heavy atom. The number of aliphatic hydroxyl groups is 1. The van der Waals surface area contributed by atoms with Gasteiger partial charge in [-0.3, -0.25) is 4.79 Å². The van der Waals surface area contributed by atoms with Crippen LogP contribution in [0.1, 0.15) is 13.3 Å². The van der Waals surface area contributed by atoms with Crippen molar-refractivity contribution in [3.63, 3.8) is 0 Å². The van der Waals surface area contributed by atoms with E-state index in [1.165, 1.54) is 11.0 Å². The van der Waals surface area contributed by atoms with Crippen LogP contribution in [0.3, 0.4) is 0 Å². The molecule has 0 aliphatic rings. The molecular formula is C8H15NO2. The predicted octanol–water partition coefficient (Wildman–Crippen LogP) is 0.402. The maximum Gasteiger partial charge on any atom is 0.246 e. The molecule has 0 saturated heterocycles. The highest BCUT2D eigenvalue weighted by atomic mass is 16.3. The zero-order chi connectivity index (χ0) is 8.85. The van der Waals surface area contributed by atoms with Crippen LogP contribution >= 0.6 is 0 Å². The first-order valence-electron chi connectivity index (χ1n) is 3.67. The highest BCUT2D eigenvalue weighted by Gasteiger charge is 2.13. The van der Waals surface area contributed by atoms with E-state index in [4.69, 9.17) is 5.11 Å². The molecule has 1 amide bonds. The Morgan fingerprint density at radius 3 is 2.64 bits per heavy atom. The van der Waals surface area contributed by atoms with Crippen LogP contribution in [0.5, 0.6) is 0 Å². The number of rotatable bonds is 4. The topological polar surface area (TPSA) is 40.5 Å². The molecule has 0 aromatic heterocycles. The molecule has 0 rings (SSSR count). The van der Waals surface area contributed by atoms with Crippen molar-refractivity contribution in [1.29, 1.82) is 0 Å². The lowest BCUT2D eigenvalue weighted by atomic mass is 10.2. The van der Waals surface area contributed by atoms with Crippen molar-refractivity contribution in [1.82, 2.24) is 4.90 Å². The molecule has 0 bridgehead atoms. The molecule has 0 spiro atoms. The number of nitrogens with zero attached hydrogens (tertiary/aromatic N) is 1. The van der Waals surface area contributed by atoms with E-state index in [0.29, 0.717) is 0 Å². The highest BCUT2D eigenvalue weighted by Crippen LogP contribution is 2.00. The minimum atomic E-state index is -0.147. The second-order valence-electron chi connectivity index (χ2n) is 2.40. The Bertz CT molecular complexity index is 141. The monoisotopic (exact) mass is 157 g/mol. The smallest absolute Gasteiger partial charge is 0.246 e. The number of aliphatic hydroxyl groups excluding tert-OH is 1. The van der Waals surface area contributed by atoms with E-state index in [1.807, 2.05) is 6.92 Å². The summed E-state index contributed by atoms with van der Waals surface area (Å²) in [4.78, 5) is 12.5. The van der Waals surface area contributed by atoms with Crippen LogP contribution in [0.15, 0.2) is 12.7 Å². The second-order valence-corrected chi connectivity index (χ2v) is 2.40. The van der Waals surface area contributed by atoms with Gasteiger partial charge < -0.3 is 10.0 Å². The van der Waals surface area contributed by atoms with Crippen LogP contribution in [0.4, 0.5) is 0 Å². The van der Waals surface area contributed by atoms with Gasteiger partial charge in [0.25, 0.3) is 0 Å². The van der Waals surface area contributed by atoms with Gasteiger partial charge >= 0.3 is 0 Å². The Labute approximate surface area is 67.3 Å². The third kappa shape index (κ3) is 2.72. The van der Waals surface area contributed by atoms with Crippen molar-refractivity contribution in [2.24, 2.45) is 0 Å². The SMILES string of the molecule is C=CC(=O)N(C)C(CC)CO. The standard InChI is InChI=1S/C8H15NO2/c1-4-7(6-10)9(3)8(11)5-2/h5,7,10H,2,4,6H2,1,3H3. The molecule has 3 nitrogen and oxygen atoms in total. The zero-order valence-corrected chi connectivity index (χ0v) is 7.08. The molecule has 0 saturated carbocycles. The molecule has 1 atom stereocenters. The highest BCUT2D eigenvalue weighted by molar-refractivity contribution is 5.86. The first-order chi connectivity index (χ1) is 5.17. The average molecular weight is 157 g/mol. The van der Waals surface area contributed by atoms with E-state index in [-0.39, 0.29) is 18.6 Å². The number of likely N-dealkylation sites (N-methyl/N-ethyl adjacent to an activating group) is 1. The van der Waals surface area contributed by atoms with Gasteiger partial charge in [-0.05, 0) is 12.5 Å². The summed E-state index contributed by atoms with van der Waals surface area (Å²) in [6, 6.07) is -0.0829. The van der Waals surface area contributed by atoms with E-state index in [2.05, 4.69) is 6.58 Å². The minimum Gasteiger partial charge on any atom is -0.394 e. The second kappa shape index (κ2) is 4.91. The van der Waals surface area contributed by atoms with Gasteiger partial charge in [0.2, 0.25) is 5.91 Å². The Balaban J connectivity index is 4.07. The molecule has 64 valence electrons. The first-order valence-corrected chi connectivity index (χ1v) is 3.67. The molecule has 1 unspecified atom stereocenters. The van der Waals surface area contributed by atoms with Crippen LogP contribution in [-0.4, -0.2) is 35.6 Å². The Morgan fingerprint density at radius 1 is 1.82 bits per heavy atom. The van der Waals surface area contributed by atoms with Gasteiger partial charge in [0.15, 0.2) is 0 Å². The fourth-order valence-electron chi connectivity index (χ4n) is 0.849. The molecule has 0 aliphatic carbocycles. The maximum atomic E-state index is 11.0. The van der Waals surface area contributed by atoms with Gasteiger partial charge in [-0.1, -0.05) is 13.5 Å². The molecule has 0 fully saturated rings. The molecule has 1 N–H and O–H groups in total. The summed E-state index contributed by atoms with van der Waals surface area (Å²) in [7, 11) is 1.66. The number of carbonyl (C=O) groups excluding carboxylic acids is 1. The average Bonchev–Trinajstić information content (AvgIpc) is 2.05. The Hall–Kier alpha value is -0.830. The molecular weight excluding hydrogens is 142 g/mol. The maximum absolute atomic E-state index is 11.0.